The molecule has 0 spiro atoms. The summed E-state index contributed by atoms with van der Waals surface area (Å²) < 4.78 is 0. The Balaban J connectivity index is 1.50. The molecule has 26 heavy (non-hydrogen) atoms. The molecule has 0 unspecified atom stereocenters. The second kappa shape index (κ2) is 8.01. The summed E-state index contributed by atoms with van der Waals surface area (Å²) in [5.74, 6) is -0.354. The van der Waals surface area contributed by atoms with E-state index in [1.54, 1.807) is 4.90 Å². The van der Waals surface area contributed by atoms with Crippen LogP contribution in [0.5, 0.6) is 0 Å². The van der Waals surface area contributed by atoms with Crippen molar-refractivity contribution in [1.82, 2.24) is 14.9 Å². The van der Waals surface area contributed by atoms with Crippen LogP contribution in [0.1, 0.15) is 10.5 Å². The number of carbonyl (C=O) groups excluding carboxylic acids is 2. The number of halogens is 1. The van der Waals surface area contributed by atoms with Crippen molar-refractivity contribution < 1.29 is 9.59 Å². The smallest absolute Gasteiger partial charge is 0.268 e. The Morgan fingerprint density at radius 1 is 1.12 bits per heavy atom. The van der Waals surface area contributed by atoms with Crippen molar-refractivity contribution in [3.05, 3.63) is 47.4 Å². The number of amides is 2. The molecule has 1 saturated heterocycles. The van der Waals surface area contributed by atoms with Crippen LogP contribution in [0.15, 0.2) is 36.7 Å². The number of nitrogens with zero attached hydrogens (tertiary/aromatic N) is 4. The first-order valence-corrected chi connectivity index (χ1v) is 8.55. The van der Waals surface area contributed by atoms with Gasteiger partial charge in [-0.1, -0.05) is 11.6 Å². The molecular formula is C17H19ClN6O2. The van der Waals surface area contributed by atoms with Gasteiger partial charge in [-0.15, -0.1) is 0 Å². The fraction of sp³-hybridized carbons (Fsp3) is 0.294. The van der Waals surface area contributed by atoms with Gasteiger partial charge in [-0.25, -0.2) is 4.98 Å². The molecule has 0 bridgehead atoms. The summed E-state index contributed by atoms with van der Waals surface area (Å²) >= 11 is 5.91. The van der Waals surface area contributed by atoms with E-state index in [9.17, 15) is 9.59 Å². The van der Waals surface area contributed by atoms with Gasteiger partial charge in [-0.2, -0.15) is 0 Å². The quantitative estimate of drug-likeness (QED) is 0.808. The van der Waals surface area contributed by atoms with E-state index >= 15 is 0 Å². The number of hydrogen-bond acceptors (Lipinski definition) is 6. The van der Waals surface area contributed by atoms with Gasteiger partial charge in [-0.3, -0.25) is 14.6 Å². The zero-order valence-corrected chi connectivity index (χ0v) is 14.8. The average molecular weight is 375 g/mol. The molecule has 136 valence electrons. The van der Waals surface area contributed by atoms with Gasteiger partial charge in [0.15, 0.2) is 0 Å². The molecule has 0 atom stereocenters. The summed E-state index contributed by atoms with van der Waals surface area (Å²) in [5.41, 5.74) is 6.32. The van der Waals surface area contributed by atoms with Crippen molar-refractivity contribution in [1.29, 1.82) is 0 Å². The van der Waals surface area contributed by atoms with Gasteiger partial charge >= 0.3 is 0 Å². The lowest BCUT2D eigenvalue weighted by Gasteiger charge is -2.36. The number of hydrogen-bond donors (Lipinski definition) is 2. The highest BCUT2D eigenvalue weighted by Crippen LogP contribution is 2.19. The van der Waals surface area contributed by atoms with Crippen LogP contribution in [-0.4, -0.2) is 59.4 Å². The minimum absolute atomic E-state index is 0.0352. The number of carbonyl (C=O) groups is 2. The number of anilines is 2. The Hall–Kier alpha value is -2.87. The second-order valence-electron chi connectivity index (χ2n) is 5.85. The van der Waals surface area contributed by atoms with E-state index in [4.69, 9.17) is 17.3 Å². The van der Waals surface area contributed by atoms with E-state index < -0.39 is 5.91 Å². The van der Waals surface area contributed by atoms with Crippen LogP contribution in [0, 0.1) is 0 Å². The highest BCUT2D eigenvalue weighted by atomic mass is 35.5. The topological polar surface area (TPSA) is 104 Å². The third-order valence-electron chi connectivity index (χ3n) is 4.13. The molecule has 2 amide bonds. The molecule has 1 aromatic carbocycles. The fourth-order valence-electron chi connectivity index (χ4n) is 2.71. The van der Waals surface area contributed by atoms with Gasteiger partial charge in [0.25, 0.3) is 5.91 Å². The number of rotatable bonds is 5. The van der Waals surface area contributed by atoms with Crippen LogP contribution in [0.25, 0.3) is 0 Å². The van der Waals surface area contributed by atoms with Gasteiger partial charge in [0, 0.05) is 36.9 Å². The van der Waals surface area contributed by atoms with E-state index in [0.717, 1.165) is 18.8 Å². The van der Waals surface area contributed by atoms with Crippen molar-refractivity contribution in [2.75, 3.05) is 42.9 Å². The van der Waals surface area contributed by atoms with Crippen molar-refractivity contribution >= 4 is 34.9 Å². The van der Waals surface area contributed by atoms with E-state index in [0.29, 0.717) is 23.9 Å². The fourth-order valence-corrected chi connectivity index (χ4v) is 2.84. The number of nitrogens with one attached hydrogen (secondary N) is 1. The van der Waals surface area contributed by atoms with Gasteiger partial charge in [-0.05, 0) is 24.3 Å². The van der Waals surface area contributed by atoms with Crippen LogP contribution in [0.3, 0.4) is 0 Å². The monoisotopic (exact) mass is 374 g/mol. The maximum atomic E-state index is 12.4. The van der Waals surface area contributed by atoms with Gasteiger partial charge in [0.1, 0.15) is 11.5 Å². The number of primary amides is 1. The molecule has 1 aliphatic rings. The minimum atomic E-state index is -0.661. The zero-order chi connectivity index (χ0) is 18.5. The van der Waals surface area contributed by atoms with Gasteiger partial charge in [0.05, 0.1) is 18.9 Å². The van der Waals surface area contributed by atoms with Gasteiger partial charge < -0.3 is 20.9 Å². The molecule has 2 heterocycles. The van der Waals surface area contributed by atoms with E-state index in [2.05, 4.69) is 20.2 Å². The molecule has 0 aliphatic carbocycles. The summed E-state index contributed by atoms with van der Waals surface area (Å²) in [6.45, 7) is 2.86. The molecule has 1 fully saturated rings. The normalized spacial score (nSPS) is 14.2. The second-order valence-corrected chi connectivity index (χ2v) is 6.29. The van der Waals surface area contributed by atoms with Crippen molar-refractivity contribution in [3.63, 3.8) is 0 Å². The predicted octanol–water partition coefficient (Wildman–Crippen LogP) is 0.990. The van der Waals surface area contributed by atoms with Crippen LogP contribution in [-0.2, 0) is 4.79 Å². The molecule has 1 aromatic heterocycles. The molecule has 8 nitrogen and oxygen atoms in total. The molecule has 9 heteroatoms. The number of benzene rings is 1. The maximum absolute atomic E-state index is 12.4. The summed E-state index contributed by atoms with van der Waals surface area (Å²) in [6, 6.07) is 7.68. The maximum Gasteiger partial charge on any atom is 0.268 e. The van der Waals surface area contributed by atoms with E-state index in [-0.39, 0.29) is 18.1 Å². The minimum Gasteiger partial charge on any atom is -0.368 e. The molecule has 0 saturated carbocycles. The summed E-state index contributed by atoms with van der Waals surface area (Å²) in [7, 11) is 0. The molecule has 3 rings (SSSR count). The summed E-state index contributed by atoms with van der Waals surface area (Å²) in [4.78, 5) is 35.4. The van der Waals surface area contributed by atoms with Gasteiger partial charge in [0.2, 0.25) is 5.91 Å². The Labute approximate surface area is 156 Å². The predicted molar refractivity (Wildman–Crippen MR) is 99.3 cm³/mol. The van der Waals surface area contributed by atoms with Crippen LogP contribution < -0.4 is 16.0 Å². The lowest BCUT2D eigenvalue weighted by atomic mass is 10.2. The first-order chi connectivity index (χ1) is 12.5. The molecule has 0 radical (unpaired) electrons. The molecule has 2 aromatic rings. The molecule has 3 N–H and O–H groups in total. The number of piperazine rings is 1. The third-order valence-corrected chi connectivity index (χ3v) is 4.38. The third kappa shape index (κ3) is 4.40. The Kier molecular flexibility index (Phi) is 5.52. The molecular weight excluding hydrogens is 356 g/mol. The largest absolute Gasteiger partial charge is 0.368 e. The summed E-state index contributed by atoms with van der Waals surface area (Å²) in [5, 5.41) is 3.59. The lowest BCUT2D eigenvalue weighted by Crippen LogP contribution is -2.50. The van der Waals surface area contributed by atoms with E-state index in [1.807, 2.05) is 24.3 Å². The van der Waals surface area contributed by atoms with Crippen LogP contribution in [0.4, 0.5) is 11.5 Å². The lowest BCUT2D eigenvalue weighted by molar-refractivity contribution is -0.129. The van der Waals surface area contributed by atoms with Crippen molar-refractivity contribution in [2.45, 2.75) is 0 Å². The van der Waals surface area contributed by atoms with Crippen LogP contribution in [0.2, 0.25) is 5.02 Å². The zero-order valence-electron chi connectivity index (χ0n) is 14.1. The standard InChI is InChI=1S/C17H19ClN6O2/c18-12-1-3-13(4-2-12)23-5-7-24(8-6-23)16(25)11-21-15-10-20-9-14(22-15)17(19)26/h1-4,9-10H,5-8,11H2,(H2,19,26)(H,21,22). The van der Waals surface area contributed by atoms with Crippen LogP contribution >= 0.6 is 11.6 Å². The Morgan fingerprint density at radius 3 is 2.46 bits per heavy atom. The first-order valence-electron chi connectivity index (χ1n) is 8.17. The Morgan fingerprint density at radius 2 is 1.81 bits per heavy atom. The average Bonchev–Trinajstić information content (AvgIpc) is 2.67. The highest BCUT2D eigenvalue weighted by molar-refractivity contribution is 6.30. The van der Waals surface area contributed by atoms with Crippen molar-refractivity contribution in [3.8, 4) is 0 Å². The van der Waals surface area contributed by atoms with E-state index in [1.165, 1.54) is 12.4 Å². The first kappa shape index (κ1) is 17.9. The molecule has 1 aliphatic heterocycles. The SMILES string of the molecule is NC(=O)c1cncc(NCC(=O)N2CCN(c3ccc(Cl)cc3)CC2)n1. The summed E-state index contributed by atoms with van der Waals surface area (Å²) in [6.07, 6.45) is 2.73. The number of aromatic nitrogens is 2. The number of nitrogens with two attached hydrogens (primary N) is 1. The Bertz CT molecular complexity index is 790. The highest BCUT2D eigenvalue weighted by Gasteiger charge is 2.21. The van der Waals surface area contributed by atoms with Crippen molar-refractivity contribution in [2.24, 2.45) is 5.73 Å².